The summed E-state index contributed by atoms with van der Waals surface area (Å²) in [5.74, 6) is 1.08. The molecule has 0 aliphatic carbocycles. The molecule has 2 heterocycles. The minimum Gasteiger partial charge on any atom is -0.482 e. The van der Waals surface area contributed by atoms with E-state index in [1.807, 2.05) is 0 Å². The predicted molar refractivity (Wildman–Crippen MR) is 40.3 cm³/mol. The van der Waals surface area contributed by atoms with E-state index in [4.69, 9.17) is 9.57 Å². The monoisotopic (exact) mass is 156 g/mol. The summed E-state index contributed by atoms with van der Waals surface area (Å²) in [6, 6.07) is 0. The van der Waals surface area contributed by atoms with Crippen molar-refractivity contribution in [2.75, 3.05) is 20.2 Å². The van der Waals surface area contributed by atoms with Gasteiger partial charge in [-0.15, -0.1) is 0 Å². The number of rotatable bonds is 0. The molecule has 4 nitrogen and oxygen atoms in total. The second-order valence-corrected chi connectivity index (χ2v) is 2.88. The molecule has 0 radical (unpaired) electrons. The van der Waals surface area contributed by atoms with Crippen LogP contribution in [0.3, 0.4) is 0 Å². The zero-order valence-electron chi connectivity index (χ0n) is 6.54. The first-order chi connectivity index (χ1) is 5.42. The Morgan fingerprint density at radius 3 is 3.45 bits per heavy atom. The molecule has 0 aromatic carbocycles. The Morgan fingerprint density at radius 2 is 2.64 bits per heavy atom. The van der Waals surface area contributed by atoms with Crippen LogP contribution in [-0.4, -0.2) is 32.2 Å². The fourth-order valence-electron chi connectivity index (χ4n) is 1.58. The minimum absolute atomic E-state index is 0.256. The number of methoxy groups -OCH3 is 1. The van der Waals surface area contributed by atoms with E-state index >= 15 is 0 Å². The van der Waals surface area contributed by atoms with E-state index in [1.165, 1.54) is 0 Å². The van der Waals surface area contributed by atoms with Crippen molar-refractivity contribution in [2.45, 2.75) is 12.5 Å². The van der Waals surface area contributed by atoms with E-state index in [1.54, 1.807) is 7.11 Å². The maximum Gasteiger partial charge on any atom is 0.233 e. The highest BCUT2D eigenvalue weighted by atomic mass is 16.7. The second kappa shape index (κ2) is 2.70. The SMILES string of the molecule is COC1=NOC2CCNCC12. The lowest BCUT2D eigenvalue weighted by molar-refractivity contribution is 0.0448. The van der Waals surface area contributed by atoms with Crippen molar-refractivity contribution in [3.63, 3.8) is 0 Å². The normalized spacial score (nSPS) is 35.5. The molecule has 1 N–H and O–H groups in total. The average molecular weight is 156 g/mol. The molecule has 2 unspecified atom stereocenters. The van der Waals surface area contributed by atoms with Gasteiger partial charge in [-0.05, 0) is 6.54 Å². The topological polar surface area (TPSA) is 42.9 Å². The second-order valence-electron chi connectivity index (χ2n) is 2.88. The van der Waals surface area contributed by atoms with Gasteiger partial charge in [0, 0.05) is 13.0 Å². The van der Waals surface area contributed by atoms with Gasteiger partial charge in [-0.1, -0.05) is 5.16 Å². The fraction of sp³-hybridized carbons (Fsp3) is 0.857. The van der Waals surface area contributed by atoms with E-state index in [2.05, 4.69) is 10.5 Å². The Balaban J connectivity index is 2.05. The van der Waals surface area contributed by atoms with Crippen LogP contribution in [0.5, 0.6) is 0 Å². The van der Waals surface area contributed by atoms with Gasteiger partial charge in [0.2, 0.25) is 5.90 Å². The first-order valence-corrected chi connectivity index (χ1v) is 3.90. The van der Waals surface area contributed by atoms with Crippen molar-refractivity contribution in [2.24, 2.45) is 11.1 Å². The Labute approximate surface area is 65.5 Å². The summed E-state index contributed by atoms with van der Waals surface area (Å²) in [5.41, 5.74) is 0. The van der Waals surface area contributed by atoms with Crippen LogP contribution >= 0.6 is 0 Å². The molecule has 0 aromatic rings. The van der Waals surface area contributed by atoms with Crippen LogP contribution < -0.4 is 5.32 Å². The van der Waals surface area contributed by atoms with Crippen molar-refractivity contribution < 1.29 is 9.57 Å². The smallest absolute Gasteiger partial charge is 0.233 e. The maximum absolute atomic E-state index is 5.18. The van der Waals surface area contributed by atoms with Crippen LogP contribution in [0.2, 0.25) is 0 Å². The van der Waals surface area contributed by atoms with Crippen molar-refractivity contribution in [1.82, 2.24) is 5.32 Å². The average Bonchev–Trinajstić information content (AvgIpc) is 2.47. The van der Waals surface area contributed by atoms with Gasteiger partial charge in [-0.25, -0.2) is 0 Å². The zero-order chi connectivity index (χ0) is 7.68. The van der Waals surface area contributed by atoms with E-state index in [0.717, 1.165) is 25.4 Å². The summed E-state index contributed by atoms with van der Waals surface area (Å²) in [4.78, 5) is 5.18. The molecule has 2 atom stereocenters. The third kappa shape index (κ3) is 1.07. The van der Waals surface area contributed by atoms with Gasteiger partial charge in [-0.2, -0.15) is 0 Å². The molecule has 1 saturated heterocycles. The number of nitrogens with zero attached hydrogens (tertiary/aromatic N) is 1. The third-order valence-corrected chi connectivity index (χ3v) is 2.22. The van der Waals surface area contributed by atoms with Gasteiger partial charge in [-0.3, -0.25) is 0 Å². The Morgan fingerprint density at radius 1 is 1.73 bits per heavy atom. The molecular formula is C7H12N2O2. The molecule has 0 spiro atoms. The van der Waals surface area contributed by atoms with E-state index in [-0.39, 0.29) is 6.10 Å². The summed E-state index contributed by atoms with van der Waals surface area (Å²) in [6.07, 6.45) is 1.28. The molecule has 0 aromatic heterocycles. The van der Waals surface area contributed by atoms with E-state index in [0.29, 0.717) is 5.92 Å². The predicted octanol–water partition coefficient (Wildman–Crippen LogP) is -0.0454. The summed E-state index contributed by atoms with van der Waals surface area (Å²) in [6.45, 7) is 1.95. The zero-order valence-corrected chi connectivity index (χ0v) is 6.54. The molecule has 1 fully saturated rings. The number of hydrogen-bond acceptors (Lipinski definition) is 4. The van der Waals surface area contributed by atoms with Gasteiger partial charge < -0.3 is 14.9 Å². The van der Waals surface area contributed by atoms with Gasteiger partial charge >= 0.3 is 0 Å². The highest BCUT2D eigenvalue weighted by molar-refractivity contribution is 5.80. The van der Waals surface area contributed by atoms with Crippen LogP contribution in [0.1, 0.15) is 6.42 Å². The van der Waals surface area contributed by atoms with Crippen LogP contribution in [0, 0.1) is 5.92 Å². The highest BCUT2D eigenvalue weighted by Gasteiger charge is 2.36. The molecule has 2 aliphatic rings. The summed E-state index contributed by atoms with van der Waals surface area (Å²) in [5, 5.41) is 7.13. The lowest BCUT2D eigenvalue weighted by atomic mass is 9.97. The van der Waals surface area contributed by atoms with Crippen LogP contribution in [0.15, 0.2) is 5.16 Å². The molecule has 4 heteroatoms. The first-order valence-electron chi connectivity index (χ1n) is 3.90. The molecule has 62 valence electrons. The van der Waals surface area contributed by atoms with Crippen LogP contribution in [0.4, 0.5) is 0 Å². The van der Waals surface area contributed by atoms with Gasteiger partial charge in [0.05, 0.1) is 13.0 Å². The quantitative estimate of drug-likeness (QED) is 0.535. The molecular weight excluding hydrogens is 144 g/mol. The van der Waals surface area contributed by atoms with Crippen molar-refractivity contribution >= 4 is 5.90 Å². The molecule has 0 saturated carbocycles. The third-order valence-electron chi connectivity index (χ3n) is 2.22. The lowest BCUT2D eigenvalue weighted by Gasteiger charge is -2.23. The Bertz CT molecular complexity index is 181. The first kappa shape index (κ1) is 6.91. The standard InChI is InChI=1S/C7H12N2O2/c1-10-7-5-4-8-3-2-6(5)11-9-7/h5-6,8H,2-4H2,1H3. The van der Waals surface area contributed by atoms with Crippen molar-refractivity contribution in [3.05, 3.63) is 0 Å². The fourth-order valence-corrected chi connectivity index (χ4v) is 1.58. The minimum atomic E-state index is 0.256. The van der Waals surface area contributed by atoms with E-state index in [9.17, 15) is 0 Å². The number of ether oxygens (including phenoxy) is 1. The van der Waals surface area contributed by atoms with E-state index < -0.39 is 0 Å². The molecule has 0 amide bonds. The molecule has 11 heavy (non-hydrogen) atoms. The Hall–Kier alpha value is -0.770. The van der Waals surface area contributed by atoms with Crippen LogP contribution in [-0.2, 0) is 9.57 Å². The number of fused-ring (bicyclic) bond motifs is 1. The lowest BCUT2D eigenvalue weighted by Crippen LogP contribution is -2.41. The van der Waals surface area contributed by atoms with Gasteiger partial charge in [0.25, 0.3) is 0 Å². The van der Waals surface area contributed by atoms with Crippen molar-refractivity contribution in [1.29, 1.82) is 0 Å². The number of oxime groups is 1. The molecule has 0 bridgehead atoms. The largest absolute Gasteiger partial charge is 0.482 e. The summed E-state index contributed by atoms with van der Waals surface area (Å²) >= 11 is 0. The van der Waals surface area contributed by atoms with Crippen LogP contribution in [0.25, 0.3) is 0 Å². The summed E-state index contributed by atoms with van der Waals surface area (Å²) in [7, 11) is 1.64. The van der Waals surface area contributed by atoms with Gasteiger partial charge in [0.15, 0.2) is 0 Å². The maximum atomic E-state index is 5.18. The number of piperidine rings is 1. The molecule has 2 aliphatic heterocycles. The van der Waals surface area contributed by atoms with Gasteiger partial charge in [0.1, 0.15) is 6.10 Å². The Kier molecular flexibility index (Phi) is 1.69. The summed E-state index contributed by atoms with van der Waals surface area (Å²) < 4.78 is 5.07. The number of hydrogen-bond donors (Lipinski definition) is 1. The highest BCUT2D eigenvalue weighted by Crippen LogP contribution is 2.23. The number of nitrogens with one attached hydrogen (secondary N) is 1. The van der Waals surface area contributed by atoms with Crippen molar-refractivity contribution in [3.8, 4) is 0 Å². The molecule has 2 rings (SSSR count).